The van der Waals surface area contributed by atoms with Crippen LogP contribution in [0.15, 0.2) is 12.2 Å². The predicted octanol–water partition coefficient (Wildman–Crippen LogP) is -1.60. The number of ether oxygens (including phenoxy) is 1. The van der Waals surface area contributed by atoms with Crippen molar-refractivity contribution in [1.82, 2.24) is 20.9 Å². The number of carbonyl (C=O) groups excluding carboxylic acids is 5. The third kappa shape index (κ3) is 12.9. The largest absolute Gasteiger partial charge is 0.378 e. The summed E-state index contributed by atoms with van der Waals surface area (Å²) in [5.74, 6) is -1.98. The Morgan fingerprint density at radius 3 is 2.33 bits per heavy atom. The molecule has 0 saturated heterocycles. The second kappa shape index (κ2) is 14.5. The van der Waals surface area contributed by atoms with Crippen LogP contribution < -0.4 is 16.0 Å². The predicted molar refractivity (Wildman–Crippen MR) is 116 cm³/mol. The van der Waals surface area contributed by atoms with Crippen molar-refractivity contribution in [2.45, 2.75) is 38.6 Å². The Kier molecular flexibility index (Phi) is 12.5. The van der Waals surface area contributed by atoms with Crippen molar-refractivity contribution in [2.24, 2.45) is 0 Å². The average Bonchev–Trinajstić information content (AvgIpc) is 3.04. The van der Waals surface area contributed by atoms with Crippen molar-refractivity contribution in [3.05, 3.63) is 12.2 Å². The lowest BCUT2D eigenvalue weighted by Crippen LogP contribution is -2.46. The van der Waals surface area contributed by atoms with E-state index in [2.05, 4.69) is 16.0 Å². The number of hydrogen-bond donors (Lipinski definition) is 5. The first-order chi connectivity index (χ1) is 15.5. The summed E-state index contributed by atoms with van der Waals surface area (Å²) in [5.41, 5.74) is 0. The number of unbranched alkanes of at least 4 members (excludes halogenated alkanes) is 1. The molecule has 0 bridgehead atoms. The number of nitrogens with zero attached hydrogens (tertiary/aromatic N) is 1. The van der Waals surface area contributed by atoms with Crippen LogP contribution in [0.4, 0.5) is 0 Å². The lowest BCUT2D eigenvalue weighted by Gasteiger charge is -2.17. The zero-order chi connectivity index (χ0) is 24.9. The molecule has 1 atom stereocenters. The molecule has 0 fully saturated rings. The summed E-state index contributed by atoms with van der Waals surface area (Å²) >= 11 is 0. The van der Waals surface area contributed by atoms with E-state index in [1.165, 1.54) is 19.1 Å². The SMILES string of the molecule is CC(=O)NC(CCP(=O)(O)O)C(=O)NCCCCC(=O)NCCOCCN1C(=O)C=CC1=O. The summed E-state index contributed by atoms with van der Waals surface area (Å²) < 4.78 is 16.3. The van der Waals surface area contributed by atoms with Gasteiger partial charge < -0.3 is 30.5 Å². The van der Waals surface area contributed by atoms with Gasteiger partial charge in [0.1, 0.15) is 6.04 Å². The summed E-state index contributed by atoms with van der Waals surface area (Å²) in [5, 5.41) is 7.61. The van der Waals surface area contributed by atoms with Gasteiger partial charge in [-0.1, -0.05) is 0 Å². The van der Waals surface area contributed by atoms with Gasteiger partial charge in [0.15, 0.2) is 0 Å². The summed E-state index contributed by atoms with van der Waals surface area (Å²) in [6.07, 6.45) is 2.89. The molecule has 0 spiro atoms. The number of amides is 5. The van der Waals surface area contributed by atoms with Gasteiger partial charge in [-0.05, 0) is 19.3 Å². The monoisotopic (exact) mass is 490 g/mol. The normalized spacial score (nSPS) is 14.3. The van der Waals surface area contributed by atoms with Gasteiger partial charge in [0.2, 0.25) is 17.7 Å². The van der Waals surface area contributed by atoms with E-state index >= 15 is 0 Å². The van der Waals surface area contributed by atoms with Gasteiger partial charge in [0.05, 0.1) is 25.9 Å². The summed E-state index contributed by atoms with van der Waals surface area (Å²) in [6, 6.07) is -1.05. The van der Waals surface area contributed by atoms with E-state index in [4.69, 9.17) is 14.5 Å². The standard InChI is InChI=1S/C19H31N4O9P/c1-14(24)22-15(7-13-33(29,30)31)19(28)21-8-3-2-4-16(25)20-9-11-32-12-10-23-17(26)5-6-18(23)27/h5-6,15H,2-4,7-13H2,1H3,(H,20,25)(H,21,28)(H,22,24)(H2,29,30,31). The number of imide groups is 1. The average molecular weight is 490 g/mol. The number of nitrogens with one attached hydrogen (secondary N) is 3. The van der Waals surface area contributed by atoms with E-state index in [0.717, 1.165) is 4.90 Å². The van der Waals surface area contributed by atoms with Gasteiger partial charge >= 0.3 is 7.60 Å². The minimum absolute atomic E-state index is 0.145. The smallest absolute Gasteiger partial charge is 0.325 e. The first-order valence-electron chi connectivity index (χ1n) is 10.5. The van der Waals surface area contributed by atoms with Crippen LogP contribution in [0.5, 0.6) is 0 Å². The highest BCUT2D eigenvalue weighted by Gasteiger charge is 2.24. The lowest BCUT2D eigenvalue weighted by atomic mass is 10.2. The topological polar surface area (TPSA) is 191 Å². The molecular formula is C19H31N4O9P. The fourth-order valence-electron chi connectivity index (χ4n) is 2.82. The fraction of sp³-hybridized carbons (Fsp3) is 0.632. The molecular weight excluding hydrogens is 459 g/mol. The Morgan fingerprint density at radius 2 is 1.73 bits per heavy atom. The third-order valence-corrected chi connectivity index (χ3v) is 5.30. The van der Waals surface area contributed by atoms with E-state index in [9.17, 15) is 28.5 Å². The summed E-state index contributed by atoms with van der Waals surface area (Å²) in [7, 11) is -4.29. The van der Waals surface area contributed by atoms with Crippen molar-refractivity contribution in [3.8, 4) is 0 Å². The van der Waals surface area contributed by atoms with Gasteiger partial charge in [-0.25, -0.2) is 0 Å². The van der Waals surface area contributed by atoms with E-state index in [0.29, 0.717) is 12.8 Å². The first-order valence-corrected chi connectivity index (χ1v) is 12.3. The molecule has 0 aromatic carbocycles. The summed E-state index contributed by atoms with van der Waals surface area (Å²) in [6.45, 7) is 2.26. The molecule has 14 heteroatoms. The second-order valence-corrected chi connectivity index (χ2v) is 9.08. The second-order valence-electron chi connectivity index (χ2n) is 7.30. The lowest BCUT2D eigenvalue weighted by molar-refractivity contribution is -0.137. The maximum absolute atomic E-state index is 12.1. The third-order valence-electron chi connectivity index (χ3n) is 4.46. The number of hydrogen-bond acceptors (Lipinski definition) is 7. The van der Waals surface area contributed by atoms with Crippen LogP contribution in [0, 0.1) is 0 Å². The molecule has 1 rings (SSSR count). The van der Waals surface area contributed by atoms with Gasteiger partial charge in [-0.2, -0.15) is 0 Å². The highest BCUT2D eigenvalue weighted by atomic mass is 31.2. The maximum Gasteiger partial charge on any atom is 0.325 e. The summed E-state index contributed by atoms with van der Waals surface area (Å²) in [4.78, 5) is 76.8. The highest BCUT2D eigenvalue weighted by Crippen LogP contribution is 2.35. The molecule has 1 unspecified atom stereocenters. The fourth-order valence-corrected chi connectivity index (χ4v) is 3.41. The van der Waals surface area contributed by atoms with Crippen LogP contribution in [-0.4, -0.2) is 89.3 Å². The van der Waals surface area contributed by atoms with E-state index in [1.807, 2.05) is 0 Å². The molecule has 1 heterocycles. The van der Waals surface area contributed by atoms with Crippen LogP contribution in [0.1, 0.15) is 32.6 Å². The van der Waals surface area contributed by atoms with Crippen LogP contribution in [0.3, 0.4) is 0 Å². The van der Waals surface area contributed by atoms with E-state index in [-0.39, 0.29) is 63.4 Å². The molecule has 0 saturated carbocycles. The molecule has 1 aliphatic heterocycles. The zero-order valence-electron chi connectivity index (χ0n) is 18.4. The van der Waals surface area contributed by atoms with Crippen molar-refractivity contribution >= 4 is 37.1 Å². The molecule has 0 radical (unpaired) electrons. The molecule has 33 heavy (non-hydrogen) atoms. The first kappa shape index (κ1) is 28.4. The molecule has 5 N–H and O–H groups in total. The minimum atomic E-state index is -4.29. The zero-order valence-corrected chi connectivity index (χ0v) is 19.3. The molecule has 0 aromatic rings. The maximum atomic E-state index is 12.1. The number of rotatable bonds is 16. The Bertz CT molecular complexity index is 778. The molecule has 5 amide bonds. The van der Waals surface area contributed by atoms with E-state index < -0.39 is 31.6 Å². The number of carbonyl (C=O) groups is 5. The Morgan fingerprint density at radius 1 is 1.06 bits per heavy atom. The van der Waals surface area contributed by atoms with Gasteiger partial charge in [-0.3, -0.25) is 33.4 Å². The Labute approximate surface area is 191 Å². The molecule has 0 aromatic heterocycles. The minimum Gasteiger partial charge on any atom is -0.378 e. The molecule has 0 aliphatic carbocycles. The van der Waals surface area contributed by atoms with Crippen molar-refractivity contribution in [3.63, 3.8) is 0 Å². The van der Waals surface area contributed by atoms with Crippen LogP contribution in [-0.2, 0) is 33.3 Å². The van der Waals surface area contributed by atoms with Gasteiger partial charge in [0.25, 0.3) is 11.8 Å². The van der Waals surface area contributed by atoms with Crippen LogP contribution in [0.25, 0.3) is 0 Å². The molecule has 13 nitrogen and oxygen atoms in total. The van der Waals surface area contributed by atoms with Crippen molar-refractivity contribution < 1.29 is 43.1 Å². The molecule has 186 valence electrons. The van der Waals surface area contributed by atoms with Crippen molar-refractivity contribution in [1.29, 1.82) is 0 Å². The quantitative estimate of drug-likeness (QED) is 0.0963. The Hall–Kier alpha value is -2.60. The Balaban J connectivity index is 2.10. The van der Waals surface area contributed by atoms with Gasteiger partial charge in [-0.15, -0.1) is 0 Å². The van der Waals surface area contributed by atoms with Crippen molar-refractivity contribution in [2.75, 3.05) is 39.0 Å². The van der Waals surface area contributed by atoms with E-state index in [1.54, 1.807) is 0 Å². The van der Waals surface area contributed by atoms with Crippen LogP contribution in [0.2, 0.25) is 0 Å². The van der Waals surface area contributed by atoms with Gasteiger partial charge in [0, 0.05) is 38.6 Å². The highest BCUT2D eigenvalue weighted by molar-refractivity contribution is 7.51. The molecule has 1 aliphatic rings. The van der Waals surface area contributed by atoms with Crippen LogP contribution >= 0.6 is 7.60 Å².